The van der Waals surface area contributed by atoms with Crippen molar-refractivity contribution >= 4 is 23.9 Å². The number of hydrogen-bond donors (Lipinski definition) is 2. The molecule has 0 saturated heterocycles. The summed E-state index contributed by atoms with van der Waals surface area (Å²) in [5.74, 6) is -2.33. The SMILES string of the molecule is CCCCC/C=C\C/C=C\CCCCCCCC(=O)OC[C@@H](OC(=O)CCCCCCC/C=C\C/C=C\CCCCC)[C@@H](OC(=O)CCCCCCC/C=C\C/C=C\CCCCC)[C@H](OC(=O)CCCCCCC/C=C\C/C=C\CCCCC)[C@H](O)CO. The first-order valence-electron chi connectivity index (χ1n) is 36.5. The lowest BCUT2D eigenvalue weighted by atomic mass is 10.0. The Kier molecular flexibility index (Phi) is 65.3. The van der Waals surface area contributed by atoms with Gasteiger partial charge in [0.25, 0.3) is 0 Å². The topological polar surface area (TPSA) is 146 Å². The average Bonchev–Trinajstić information content (AvgIpc) is 3.65. The van der Waals surface area contributed by atoms with Gasteiger partial charge in [-0.3, -0.25) is 19.2 Å². The standard InChI is InChI=1S/C78H134O10/c1-5-9-13-17-21-25-29-33-37-41-45-49-53-57-61-65-73(81)85-70-72(86-74(82)66-62-58-54-50-46-42-38-34-30-26-22-18-14-10-6-2)78(88-76(84)68-64-60-56-52-48-44-40-36-32-28-24-20-16-12-8-4)77(71(80)69-79)87-75(83)67-63-59-55-51-47-43-39-35-31-27-23-19-15-11-7-3/h21-28,33-40,71-72,77-80H,5-20,29-32,41-70H2,1-4H3/b25-21-,26-22-,27-23-,28-24-,37-33-,38-34-,39-35-,40-36-/t71-,72-,77-,78-/m1/s1. The maximum absolute atomic E-state index is 13.9. The third-order valence-electron chi connectivity index (χ3n) is 15.8. The van der Waals surface area contributed by atoms with Gasteiger partial charge in [-0.25, -0.2) is 0 Å². The predicted octanol–water partition coefficient (Wildman–Crippen LogP) is 21.9. The molecular formula is C78H134O10. The molecule has 4 atom stereocenters. The summed E-state index contributed by atoms with van der Waals surface area (Å²) >= 11 is 0. The van der Waals surface area contributed by atoms with Gasteiger partial charge in [-0.2, -0.15) is 0 Å². The van der Waals surface area contributed by atoms with E-state index in [4.69, 9.17) is 18.9 Å². The number of ether oxygens (including phenoxy) is 4. The van der Waals surface area contributed by atoms with Gasteiger partial charge in [0.1, 0.15) is 12.7 Å². The Morgan fingerprint density at radius 3 is 0.818 bits per heavy atom. The smallest absolute Gasteiger partial charge is 0.306 e. The van der Waals surface area contributed by atoms with E-state index in [1.165, 1.54) is 77.0 Å². The Morgan fingerprint density at radius 2 is 0.534 bits per heavy atom. The Morgan fingerprint density at radius 1 is 0.295 bits per heavy atom. The normalized spacial score (nSPS) is 13.7. The minimum Gasteiger partial charge on any atom is -0.462 e. The highest BCUT2D eigenvalue weighted by Gasteiger charge is 2.42. The molecule has 2 N–H and O–H groups in total. The second-order valence-corrected chi connectivity index (χ2v) is 24.3. The third-order valence-corrected chi connectivity index (χ3v) is 15.8. The number of allylic oxidation sites excluding steroid dienone is 16. The Balaban J connectivity index is 5.99. The van der Waals surface area contributed by atoms with E-state index >= 15 is 0 Å². The molecule has 0 aliphatic heterocycles. The highest BCUT2D eigenvalue weighted by Crippen LogP contribution is 2.23. The number of carbonyl (C=O) groups is 4. The predicted molar refractivity (Wildman–Crippen MR) is 371 cm³/mol. The van der Waals surface area contributed by atoms with Crippen LogP contribution in [0.15, 0.2) is 97.2 Å². The molecule has 0 aromatic carbocycles. The van der Waals surface area contributed by atoms with Crippen LogP contribution in [0.1, 0.15) is 336 Å². The van der Waals surface area contributed by atoms with Crippen molar-refractivity contribution in [1.29, 1.82) is 0 Å². The molecule has 0 amide bonds. The third kappa shape index (κ3) is 59.3. The first kappa shape index (κ1) is 83.7. The fourth-order valence-corrected chi connectivity index (χ4v) is 10.2. The zero-order valence-corrected chi connectivity index (χ0v) is 57.1. The van der Waals surface area contributed by atoms with Crippen LogP contribution in [-0.4, -0.2) is 71.7 Å². The summed E-state index contributed by atoms with van der Waals surface area (Å²) in [5, 5.41) is 21.8. The first-order chi connectivity index (χ1) is 43.2. The number of rotatable bonds is 65. The van der Waals surface area contributed by atoms with Crippen LogP contribution in [0.2, 0.25) is 0 Å². The van der Waals surface area contributed by atoms with Crippen LogP contribution in [0.5, 0.6) is 0 Å². The molecule has 0 aliphatic rings. The van der Waals surface area contributed by atoms with E-state index in [0.717, 1.165) is 180 Å². The van der Waals surface area contributed by atoms with Crippen molar-refractivity contribution in [2.45, 2.75) is 360 Å². The van der Waals surface area contributed by atoms with Gasteiger partial charge in [0.15, 0.2) is 18.3 Å². The van der Waals surface area contributed by atoms with Crippen molar-refractivity contribution in [1.82, 2.24) is 0 Å². The lowest BCUT2D eigenvalue weighted by molar-refractivity contribution is -0.202. The van der Waals surface area contributed by atoms with Gasteiger partial charge in [-0.15, -0.1) is 0 Å². The molecule has 0 fully saturated rings. The van der Waals surface area contributed by atoms with E-state index in [-0.39, 0.29) is 25.7 Å². The molecule has 0 rings (SSSR count). The molecule has 0 unspecified atom stereocenters. The second kappa shape index (κ2) is 68.6. The Labute approximate surface area is 540 Å². The molecule has 0 spiro atoms. The summed E-state index contributed by atoms with van der Waals surface area (Å²) < 4.78 is 23.9. The van der Waals surface area contributed by atoms with Crippen LogP contribution < -0.4 is 0 Å². The van der Waals surface area contributed by atoms with E-state index in [1.807, 2.05) is 0 Å². The van der Waals surface area contributed by atoms with E-state index < -0.39 is 61.5 Å². The highest BCUT2D eigenvalue weighted by atomic mass is 16.6. The molecule has 0 aromatic heterocycles. The fraction of sp³-hybridized carbons (Fsp3) is 0.744. The van der Waals surface area contributed by atoms with Gasteiger partial charge in [0.05, 0.1) is 6.61 Å². The van der Waals surface area contributed by atoms with Crippen LogP contribution in [0.25, 0.3) is 0 Å². The summed E-state index contributed by atoms with van der Waals surface area (Å²) in [6, 6.07) is 0. The number of carbonyl (C=O) groups excluding carboxylic acids is 4. The van der Waals surface area contributed by atoms with Gasteiger partial charge in [-0.1, -0.05) is 253 Å². The van der Waals surface area contributed by atoms with E-state index in [0.29, 0.717) is 25.7 Å². The molecule has 506 valence electrons. The molecular weight excluding hydrogens is 1100 g/mol. The molecule has 0 aromatic rings. The van der Waals surface area contributed by atoms with Gasteiger partial charge in [0, 0.05) is 25.7 Å². The van der Waals surface area contributed by atoms with Gasteiger partial charge >= 0.3 is 23.9 Å². The summed E-state index contributed by atoms with van der Waals surface area (Å²) in [6.45, 7) is 7.59. The molecule has 10 nitrogen and oxygen atoms in total. The second-order valence-electron chi connectivity index (χ2n) is 24.3. The number of aliphatic hydroxyl groups excluding tert-OH is 2. The zero-order valence-electron chi connectivity index (χ0n) is 57.1. The average molecular weight is 1230 g/mol. The van der Waals surface area contributed by atoms with Crippen LogP contribution in [0.3, 0.4) is 0 Å². The molecule has 0 saturated carbocycles. The van der Waals surface area contributed by atoms with E-state index in [9.17, 15) is 29.4 Å². The first-order valence-corrected chi connectivity index (χ1v) is 36.5. The summed E-state index contributed by atoms with van der Waals surface area (Å²) in [7, 11) is 0. The number of hydrogen-bond acceptors (Lipinski definition) is 10. The van der Waals surface area contributed by atoms with E-state index in [2.05, 4.69) is 125 Å². The quantitative estimate of drug-likeness (QED) is 0.0261. The highest BCUT2D eigenvalue weighted by molar-refractivity contribution is 5.72. The van der Waals surface area contributed by atoms with Gasteiger partial charge < -0.3 is 29.2 Å². The summed E-state index contributed by atoms with van der Waals surface area (Å²) in [6.07, 6.45) is 75.3. The van der Waals surface area contributed by atoms with Crippen molar-refractivity contribution in [3.05, 3.63) is 97.2 Å². The van der Waals surface area contributed by atoms with Crippen molar-refractivity contribution < 1.29 is 48.3 Å². The molecule has 0 heterocycles. The maximum atomic E-state index is 13.9. The van der Waals surface area contributed by atoms with Crippen molar-refractivity contribution in [2.75, 3.05) is 13.2 Å². The van der Waals surface area contributed by atoms with Crippen LogP contribution in [0, 0.1) is 0 Å². The van der Waals surface area contributed by atoms with Crippen molar-refractivity contribution in [3.8, 4) is 0 Å². The molecule has 10 heteroatoms. The summed E-state index contributed by atoms with van der Waals surface area (Å²) in [5.41, 5.74) is 0. The van der Waals surface area contributed by atoms with Crippen LogP contribution in [-0.2, 0) is 38.1 Å². The lowest BCUT2D eigenvalue weighted by Gasteiger charge is -2.34. The van der Waals surface area contributed by atoms with Gasteiger partial charge in [0.2, 0.25) is 0 Å². The Bertz CT molecular complexity index is 1820. The summed E-state index contributed by atoms with van der Waals surface area (Å²) in [4.78, 5) is 54.7. The van der Waals surface area contributed by atoms with Crippen molar-refractivity contribution in [2.24, 2.45) is 0 Å². The molecule has 0 bridgehead atoms. The van der Waals surface area contributed by atoms with E-state index in [1.54, 1.807) is 0 Å². The van der Waals surface area contributed by atoms with Crippen molar-refractivity contribution in [3.63, 3.8) is 0 Å². The minimum atomic E-state index is -1.69. The Hall–Kier alpha value is -4.28. The number of esters is 4. The largest absolute Gasteiger partial charge is 0.462 e. The number of unbranched alkanes of at least 4 members (excludes halogenated alkanes) is 32. The minimum absolute atomic E-state index is 0.0437. The molecule has 88 heavy (non-hydrogen) atoms. The fourth-order valence-electron chi connectivity index (χ4n) is 10.2. The van der Waals surface area contributed by atoms with Crippen LogP contribution in [0.4, 0.5) is 0 Å². The maximum Gasteiger partial charge on any atom is 0.306 e. The van der Waals surface area contributed by atoms with Crippen LogP contribution >= 0.6 is 0 Å². The monoisotopic (exact) mass is 1230 g/mol. The molecule has 0 aliphatic carbocycles. The van der Waals surface area contributed by atoms with Gasteiger partial charge in [-0.05, 0) is 154 Å². The number of aliphatic hydroxyl groups is 2. The zero-order chi connectivity index (χ0) is 64.1. The lowest BCUT2D eigenvalue weighted by Crippen LogP contribution is -2.53. The molecule has 0 radical (unpaired) electrons.